The molecule has 24 heavy (non-hydrogen) atoms. The van der Waals surface area contributed by atoms with E-state index >= 15 is 0 Å². The number of fused-ring (bicyclic) bond motifs is 1. The molecule has 0 fully saturated rings. The molecule has 0 radical (unpaired) electrons. The van der Waals surface area contributed by atoms with Gasteiger partial charge in [-0.2, -0.15) is 5.10 Å². The van der Waals surface area contributed by atoms with E-state index in [0.717, 1.165) is 22.0 Å². The molecule has 3 aromatic rings. The van der Waals surface area contributed by atoms with Crippen molar-refractivity contribution in [2.24, 2.45) is 5.10 Å². The summed E-state index contributed by atoms with van der Waals surface area (Å²) in [6, 6.07) is 14.3. The fraction of sp³-hybridized carbons (Fsp3) is 0.111. The summed E-state index contributed by atoms with van der Waals surface area (Å²) in [5.41, 5.74) is 5.16. The summed E-state index contributed by atoms with van der Waals surface area (Å²) in [6.07, 6.45) is 2.89. The smallest absolute Gasteiger partial charge is 0.427 e. The third-order valence-electron chi connectivity index (χ3n) is 3.63. The van der Waals surface area contributed by atoms with E-state index in [1.165, 1.54) is 19.2 Å². The Morgan fingerprint density at radius 1 is 1.25 bits per heavy atom. The first-order valence-corrected chi connectivity index (χ1v) is 7.36. The lowest BCUT2D eigenvalue weighted by molar-refractivity contribution is 0.171. The number of methoxy groups -OCH3 is 1. The molecule has 6 heteroatoms. The standard InChI is InChI=1S/C18H16FN3O2/c1-24-18(23)21-20-10-14-12-22(17-5-3-2-4-16(14)17)11-13-6-8-15(19)9-7-13/h2-10,12H,11H2,1H3,(H,21,23)/b20-10+. The van der Waals surface area contributed by atoms with Crippen LogP contribution < -0.4 is 5.43 Å². The van der Waals surface area contributed by atoms with Crippen molar-refractivity contribution in [3.63, 3.8) is 0 Å². The van der Waals surface area contributed by atoms with Gasteiger partial charge in [-0.05, 0) is 23.8 Å². The molecule has 5 nitrogen and oxygen atoms in total. The van der Waals surface area contributed by atoms with Gasteiger partial charge >= 0.3 is 6.09 Å². The van der Waals surface area contributed by atoms with Gasteiger partial charge in [0.2, 0.25) is 0 Å². The van der Waals surface area contributed by atoms with Gasteiger partial charge in [0.25, 0.3) is 0 Å². The molecule has 0 saturated heterocycles. The number of rotatable bonds is 4. The number of halogens is 1. The summed E-state index contributed by atoms with van der Waals surface area (Å²) in [5, 5.41) is 4.89. The zero-order valence-electron chi connectivity index (χ0n) is 13.1. The van der Waals surface area contributed by atoms with E-state index in [0.29, 0.717) is 6.54 Å². The average molecular weight is 325 g/mol. The quantitative estimate of drug-likeness (QED) is 0.589. The maximum Gasteiger partial charge on any atom is 0.427 e. The molecule has 0 saturated carbocycles. The number of aromatic nitrogens is 1. The number of benzene rings is 2. The molecule has 0 unspecified atom stereocenters. The SMILES string of the molecule is COC(=O)N/N=C/c1cn(Cc2ccc(F)cc2)c2ccccc12. The number of nitrogens with zero attached hydrogens (tertiary/aromatic N) is 2. The molecule has 0 aliphatic carbocycles. The van der Waals surface area contributed by atoms with Crippen LogP contribution in [0.5, 0.6) is 0 Å². The third-order valence-corrected chi connectivity index (χ3v) is 3.63. The van der Waals surface area contributed by atoms with E-state index in [-0.39, 0.29) is 5.82 Å². The Morgan fingerprint density at radius 2 is 2.00 bits per heavy atom. The first-order chi connectivity index (χ1) is 11.7. The zero-order valence-corrected chi connectivity index (χ0v) is 13.1. The number of nitrogens with one attached hydrogen (secondary N) is 1. The van der Waals surface area contributed by atoms with Crippen LogP contribution in [0.25, 0.3) is 10.9 Å². The van der Waals surface area contributed by atoms with Gasteiger partial charge in [0, 0.05) is 29.2 Å². The zero-order chi connectivity index (χ0) is 16.9. The second-order valence-corrected chi connectivity index (χ2v) is 5.22. The highest BCUT2D eigenvalue weighted by Gasteiger charge is 2.07. The molecule has 3 rings (SSSR count). The van der Waals surface area contributed by atoms with Crippen molar-refractivity contribution >= 4 is 23.2 Å². The molecular formula is C18H16FN3O2. The normalized spacial score (nSPS) is 11.1. The maximum atomic E-state index is 13.0. The van der Waals surface area contributed by atoms with Gasteiger partial charge in [-0.15, -0.1) is 0 Å². The molecule has 1 heterocycles. The topological polar surface area (TPSA) is 55.6 Å². The highest BCUT2D eigenvalue weighted by molar-refractivity contribution is 5.99. The third kappa shape index (κ3) is 3.43. The van der Waals surface area contributed by atoms with Crippen molar-refractivity contribution in [2.45, 2.75) is 6.54 Å². The van der Waals surface area contributed by atoms with Crippen LogP contribution in [0.4, 0.5) is 9.18 Å². The molecule has 0 aliphatic heterocycles. The first kappa shape index (κ1) is 15.7. The Hall–Kier alpha value is -3.15. The largest absolute Gasteiger partial charge is 0.452 e. The number of hydrazone groups is 1. The monoisotopic (exact) mass is 325 g/mol. The summed E-state index contributed by atoms with van der Waals surface area (Å²) in [7, 11) is 1.28. The van der Waals surface area contributed by atoms with E-state index in [1.807, 2.05) is 30.5 Å². The Balaban J connectivity index is 1.91. The van der Waals surface area contributed by atoms with Gasteiger partial charge in [0.05, 0.1) is 13.3 Å². The summed E-state index contributed by atoms with van der Waals surface area (Å²) in [6.45, 7) is 0.610. The van der Waals surface area contributed by atoms with Crippen LogP contribution in [-0.4, -0.2) is 24.0 Å². The lowest BCUT2D eigenvalue weighted by atomic mass is 10.2. The minimum Gasteiger partial charge on any atom is -0.452 e. The number of hydrogen-bond donors (Lipinski definition) is 1. The van der Waals surface area contributed by atoms with Crippen molar-refractivity contribution < 1.29 is 13.9 Å². The van der Waals surface area contributed by atoms with Crippen molar-refractivity contribution in [3.8, 4) is 0 Å². The lowest BCUT2D eigenvalue weighted by Crippen LogP contribution is -2.16. The molecule has 0 aliphatic rings. The average Bonchev–Trinajstić information content (AvgIpc) is 2.95. The summed E-state index contributed by atoms with van der Waals surface area (Å²) in [5.74, 6) is -0.252. The van der Waals surface area contributed by atoms with Gasteiger partial charge in [-0.3, -0.25) is 0 Å². The van der Waals surface area contributed by atoms with Crippen molar-refractivity contribution in [3.05, 3.63) is 71.7 Å². The molecule has 0 spiro atoms. The van der Waals surface area contributed by atoms with Gasteiger partial charge < -0.3 is 9.30 Å². The number of amides is 1. The highest BCUT2D eigenvalue weighted by atomic mass is 19.1. The van der Waals surface area contributed by atoms with Gasteiger partial charge in [-0.25, -0.2) is 14.6 Å². The molecule has 1 N–H and O–H groups in total. The van der Waals surface area contributed by atoms with E-state index in [2.05, 4.69) is 19.8 Å². The van der Waals surface area contributed by atoms with Crippen LogP contribution in [0.2, 0.25) is 0 Å². The summed E-state index contributed by atoms with van der Waals surface area (Å²) >= 11 is 0. The molecular weight excluding hydrogens is 309 g/mol. The number of carbonyl (C=O) groups excluding carboxylic acids is 1. The van der Waals surface area contributed by atoms with E-state index < -0.39 is 6.09 Å². The van der Waals surface area contributed by atoms with Crippen LogP contribution >= 0.6 is 0 Å². The molecule has 1 amide bonds. The predicted octanol–water partition coefficient (Wildman–Crippen LogP) is 3.52. The highest BCUT2D eigenvalue weighted by Crippen LogP contribution is 2.21. The lowest BCUT2D eigenvalue weighted by Gasteiger charge is -2.05. The Labute approximate surface area is 138 Å². The van der Waals surface area contributed by atoms with Crippen LogP contribution in [0.3, 0.4) is 0 Å². The van der Waals surface area contributed by atoms with Crippen molar-refractivity contribution in [1.82, 2.24) is 9.99 Å². The maximum absolute atomic E-state index is 13.0. The minimum atomic E-state index is -0.624. The Morgan fingerprint density at radius 3 is 2.75 bits per heavy atom. The number of para-hydroxylation sites is 1. The van der Waals surface area contributed by atoms with Gasteiger partial charge in [0.1, 0.15) is 5.82 Å². The van der Waals surface area contributed by atoms with E-state index in [1.54, 1.807) is 18.3 Å². The second-order valence-electron chi connectivity index (χ2n) is 5.22. The predicted molar refractivity (Wildman–Crippen MR) is 90.6 cm³/mol. The molecule has 0 atom stereocenters. The van der Waals surface area contributed by atoms with Crippen LogP contribution in [-0.2, 0) is 11.3 Å². The summed E-state index contributed by atoms with van der Waals surface area (Å²) in [4.78, 5) is 11.1. The number of carbonyl (C=O) groups is 1. The van der Waals surface area contributed by atoms with E-state index in [4.69, 9.17) is 0 Å². The van der Waals surface area contributed by atoms with Gasteiger partial charge in [0.15, 0.2) is 0 Å². The molecule has 0 bridgehead atoms. The fourth-order valence-corrected chi connectivity index (χ4v) is 2.50. The summed E-state index contributed by atoms with van der Waals surface area (Å²) < 4.78 is 19.6. The van der Waals surface area contributed by atoms with Crippen LogP contribution in [0.15, 0.2) is 59.8 Å². The molecule has 1 aromatic heterocycles. The molecule has 122 valence electrons. The number of ether oxygens (including phenoxy) is 1. The van der Waals surface area contributed by atoms with Crippen molar-refractivity contribution in [2.75, 3.05) is 7.11 Å². The number of hydrogen-bond acceptors (Lipinski definition) is 3. The minimum absolute atomic E-state index is 0.252. The van der Waals surface area contributed by atoms with Crippen molar-refractivity contribution in [1.29, 1.82) is 0 Å². The van der Waals surface area contributed by atoms with E-state index in [9.17, 15) is 9.18 Å². The Bertz CT molecular complexity index is 885. The van der Waals surface area contributed by atoms with Gasteiger partial charge in [-0.1, -0.05) is 30.3 Å². The van der Waals surface area contributed by atoms with Crippen LogP contribution in [0.1, 0.15) is 11.1 Å². The first-order valence-electron chi connectivity index (χ1n) is 7.36. The fourth-order valence-electron chi connectivity index (χ4n) is 2.50. The molecule has 2 aromatic carbocycles. The Kier molecular flexibility index (Phi) is 4.56. The van der Waals surface area contributed by atoms with Crippen LogP contribution in [0, 0.1) is 5.82 Å². The second kappa shape index (κ2) is 6.95.